The molecule has 10 heavy (non-hydrogen) atoms. The van der Waals surface area contributed by atoms with E-state index in [4.69, 9.17) is 0 Å². The third kappa shape index (κ3) is 1.63. The zero-order valence-electron chi connectivity index (χ0n) is 5.34. The zero-order valence-corrected chi connectivity index (χ0v) is 8.32. The SMILES string of the molecule is Cc1cc(CF)nn1SI. The van der Waals surface area contributed by atoms with Gasteiger partial charge in [0.25, 0.3) is 0 Å². The molecule has 56 valence electrons. The molecule has 0 atom stereocenters. The molecule has 2 nitrogen and oxygen atoms in total. The molecule has 0 bridgehead atoms. The van der Waals surface area contributed by atoms with E-state index in [1.807, 2.05) is 6.92 Å². The summed E-state index contributed by atoms with van der Waals surface area (Å²) in [5.74, 6) is 0. The Morgan fingerprint density at radius 2 is 2.60 bits per heavy atom. The third-order valence-electron chi connectivity index (χ3n) is 1.10. The standard InChI is InChI=1S/C5H6FIN2S/c1-4-2-5(3-6)8-9(4)10-7/h2H,3H2,1H3. The Bertz CT molecular complexity index is 225. The first-order valence-electron chi connectivity index (χ1n) is 2.68. The molecule has 0 fully saturated rings. The maximum Gasteiger partial charge on any atom is 0.133 e. The second-order valence-electron chi connectivity index (χ2n) is 1.85. The van der Waals surface area contributed by atoms with E-state index in [1.54, 1.807) is 10.2 Å². The molecule has 0 unspecified atom stereocenters. The summed E-state index contributed by atoms with van der Waals surface area (Å²) in [7, 11) is 1.44. The largest absolute Gasteiger partial charge is 0.244 e. The number of alkyl halides is 1. The van der Waals surface area contributed by atoms with Crippen LogP contribution < -0.4 is 0 Å². The van der Waals surface area contributed by atoms with E-state index < -0.39 is 6.67 Å². The normalized spacial score (nSPS) is 10.3. The number of aromatic nitrogens is 2. The summed E-state index contributed by atoms with van der Waals surface area (Å²) in [6.07, 6.45) is 0. The summed E-state index contributed by atoms with van der Waals surface area (Å²) >= 11 is 2.10. The predicted octanol–water partition coefficient (Wildman–Crippen LogP) is 2.51. The number of rotatable bonds is 2. The van der Waals surface area contributed by atoms with Gasteiger partial charge in [0.05, 0.1) is 5.69 Å². The minimum atomic E-state index is -0.481. The van der Waals surface area contributed by atoms with E-state index in [9.17, 15) is 4.39 Å². The lowest BCUT2D eigenvalue weighted by Crippen LogP contribution is -1.87. The maximum absolute atomic E-state index is 12.0. The lowest BCUT2D eigenvalue weighted by Gasteiger charge is -1.91. The Morgan fingerprint density at radius 3 is 2.90 bits per heavy atom. The summed E-state index contributed by atoms with van der Waals surface area (Å²) in [6, 6.07) is 1.74. The van der Waals surface area contributed by atoms with Crippen LogP contribution in [0.5, 0.6) is 0 Å². The quantitative estimate of drug-likeness (QED) is 0.770. The molecule has 0 spiro atoms. The summed E-state index contributed by atoms with van der Waals surface area (Å²) < 4.78 is 13.7. The molecule has 0 aliphatic carbocycles. The third-order valence-corrected chi connectivity index (χ3v) is 2.72. The summed E-state index contributed by atoms with van der Waals surface area (Å²) in [5.41, 5.74) is 1.48. The van der Waals surface area contributed by atoms with Crippen LogP contribution >= 0.6 is 30.3 Å². The van der Waals surface area contributed by atoms with Gasteiger partial charge in [-0.05, 0) is 13.0 Å². The first-order chi connectivity index (χ1) is 4.77. The smallest absolute Gasteiger partial charge is 0.133 e. The Labute approximate surface area is 74.9 Å². The highest BCUT2D eigenvalue weighted by Crippen LogP contribution is 2.17. The molecule has 1 heterocycles. The molecule has 0 saturated carbocycles. The lowest BCUT2D eigenvalue weighted by atomic mass is 10.4. The van der Waals surface area contributed by atoms with E-state index in [1.165, 1.54) is 9.12 Å². The molecular formula is C5H6FIN2S. The number of hydrogen-bond donors (Lipinski definition) is 0. The molecule has 0 saturated heterocycles. The fraction of sp³-hybridized carbons (Fsp3) is 0.400. The summed E-state index contributed by atoms with van der Waals surface area (Å²) in [6.45, 7) is 1.42. The zero-order chi connectivity index (χ0) is 7.56. The van der Waals surface area contributed by atoms with Crippen LogP contribution in [0.2, 0.25) is 0 Å². The predicted molar refractivity (Wildman–Crippen MR) is 48.8 cm³/mol. The van der Waals surface area contributed by atoms with Gasteiger partial charge in [-0.3, -0.25) is 0 Å². The van der Waals surface area contributed by atoms with Crippen molar-refractivity contribution >= 4 is 30.3 Å². The van der Waals surface area contributed by atoms with Crippen LogP contribution in [0.3, 0.4) is 0 Å². The van der Waals surface area contributed by atoms with Gasteiger partial charge in [0.15, 0.2) is 0 Å². The Balaban J connectivity index is 2.92. The fourth-order valence-electron chi connectivity index (χ4n) is 0.656. The van der Waals surface area contributed by atoms with E-state index in [0.29, 0.717) is 5.69 Å². The second-order valence-corrected chi connectivity index (χ2v) is 3.52. The van der Waals surface area contributed by atoms with Crippen molar-refractivity contribution in [2.45, 2.75) is 13.6 Å². The van der Waals surface area contributed by atoms with Crippen molar-refractivity contribution in [1.82, 2.24) is 9.19 Å². The molecule has 0 amide bonds. The van der Waals surface area contributed by atoms with Gasteiger partial charge in [-0.15, -0.1) is 0 Å². The van der Waals surface area contributed by atoms with Gasteiger partial charge < -0.3 is 0 Å². The highest BCUT2D eigenvalue weighted by atomic mass is 127. The van der Waals surface area contributed by atoms with Gasteiger partial charge >= 0.3 is 0 Å². The summed E-state index contributed by atoms with van der Waals surface area (Å²) in [5, 5.41) is 3.94. The van der Waals surface area contributed by atoms with Gasteiger partial charge in [0, 0.05) is 36.0 Å². The highest BCUT2D eigenvalue weighted by Gasteiger charge is 2.01. The van der Waals surface area contributed by atoms with Crippen LogP contribution in [0, 0.1) is 6.92 Å². The molecule has 1 rings (SSSR count). The van der Waals surface area contributed by atoms with Crippen LogP contribution in [-0.4, -0.2) is 9.19 Å². The van der Waals surface area contributed by atoms with E-state index in [-0.39, 0.29) is 0 Å². The first-order valence-corrected chi connectivity index (χ1v) is 6.00. The lowest BCUT2D eigenvalue weighted by molar-refractivity contribution is 0.474. The highest BCUT2D eigenvalue weighted by molar-refractivity contribution is 14.2. The fourth-order valence-corrected chi connectivity index (χ4v) is 2.15. The molecule has 1 aromatic heterocycles. The average molecular weight is 272 g/mol. The molecule has 0 radical (unpaired) electrons. The van der Waals surface area contributed by atoms with E-state index >= 15 is 0 Å². The Kier molecular flexibility index (Phi) is 2.96. The minimum Gasteiger partial charge on any atom is -0.244 e. The van der Waals surface area contributed by atoms with Gasteiger partial charge in [-0.25, -0.2) is 8.48 Å². The van der Waals surface area contributed by atoms with Crippen LogP contribution in [0.25, 0.3) is 0 Å². The maximum atomic E-state index is 12.0. The molecule has 5 heteroatoms. The minimum absolute atomic E-state index is 0.481. The van der Waals surface area contributed by atoms with Crippen LogP contribution in [0.1, 0.15) is 11.4 Å². The first kappa shape index (κ1) is 8.32. The van der Waals surface area contributed by atoms with Crippen LogP contribution in [0.15, 0.2) is 6.07 Å². The Morgan fingerprint density at radius 1 is 1.90 bits per heavy atom. The van der Waals surface area contributed by atoms with Crippen molar-refractivity contribution in [3.05, 3.63) is 17.5 Å². The van der Waals surface area contributed by atoms with Gasteiger partial charge in [0.1, 0.15) is 6.67 Å². The van der Waals surface area contributed by atoms with Crippen molar-refractivity contribution in [1.29, 1.82) is 0 Å². The summed E-state index contributed by atoms with van der Waals surface area (Å²) in [4.78, 5) is 0. The van der Waals surface area contributed by atoms with Gasteiger partial charge in [-0.2, -0.15) is 5.10 Å². The van der Waals surface area contributed by atoms with Crippen molar-refractivity contribution in [3.8, 4) is 0 Å². The number of nitrogens with zero attached hydrogens (tertiary/aromatic N) is 2. The second kappa shape index (κ2) is 3.56. The topological polar surface area (TPSA) is 17.8 Å². The average Bonchev–Trinajstić information content (AvgIpc) is 2.30. The van der Waals surface area contributed by atoms with Crippen molar-refractivity contribution in [2.75, 3.05) is 0 Å². The van der Waals surface area contributed by atoms with Gasteiger partial charge in [0.2, 0.25) is 0 Å². The molecule has 0 aliphatic rings. The van der Waals surface area contributed by atoms with E-state index in [0.717, 1.165) is 5.69 Å². The monoisotopic (exact) mass is 272 g/mol. The number of hydrogen-bond acceptors (Lipinski definition) is 2. The molecule has 0 aliphatic heterocycles. The van der Waals surface area contributed by atoms with E-state index in [2.05, 4.69) is 26.3 Å². The molecule has 0 aromatic carbocycles. The van der Waals surface area contributed by atoms with Crippen LogP contribution in [-0.2, 0) is 6.67 Å². The molecule has 1 aromatic rings. The molecule has 0 N–H and O–H groups in total. The number of halogens is 2. The molecular weight excluding hydrogens is 266 g/mol. The van der Waals surface area contributed by atoms with Crippen molar-refractivity contribution in [2.24, 2.45) is 0 Å². The van der Waals surface area contributed by atoms with Crippen LogP contribution in [0.4, 0.5) is 4.39 Å². The number of aryl methyl sites for hydroxylation is 1. The Hall–Kier alpha value is 0.220. The van der Waals surface area contributed by atoms with Gasteiger partial charge in [-0.1, -0.05) is 0 Å². The van der Waals surface area contributed by atoms with Crippen molar-refractivity contribution < 1.29 is 4.39 Å². The van der Waals surface area contributed by atoms with Crippen molar-refractivity contribution in [3.63, 3.8) is 0 Å².